The number of H-pyrrole nitrogens is 1. The number of nitrogens with zero attached hydrogens (tertiary/aromatic N) is 1. The normalized spacial score (nSPS) is 11.6. The van der Waals surface area contributed by atoms with Crippen LogP contribution in [0.15, 0.2) is 48.7 Å². The maximum atomic E-state index is 4.69. The van der Waals surface area contributed by atoms with Gasteiger partial charge in [-0.05, 0) is 30.5 Å². The highest BCUT2D eigenvalue weighted by Crippen LogP contribution is 2.32. The van der Waals surface area contributed by atoms with E-state index in [-0.39, 0.29) is 0 Å². The largest absolute Gasteiger partial charge is 0.365 e. The molecule has 4 rings (SSSR count). The Kier molecular flexibility index (Phi) is 1.78. The molecule has 0 saturated heterocycles. The smallest absolute Gasteiger partial charge is 0.0723 e. The molecule has 86 valence electrons. The third kappa shape index (κ3) is 1.15. The summed E-state index contributed by atoms with van der Waals surface area (Å²) in [5.41, 5.74) is 3.34. The predicted octanol–water partition coefficient (Wildman–Crippen LogP) is 4.18. The second-order valence-electron chi connectivity index (χ2n) is 4.66. The van der Waals surface area contributed by atoms with Gasteiger partial charge in [-0.1, -0.05) is 24.3 Å². The predicted molar refractivity (Wildman–Crippen MR) is 75.8 cm³/mol. The zero-order valence-corrected chi connectivity index (χ0v) is 10.1. The number of pyridine rings is 1. The van der Waals surface area contributed by atoms with E-state index in [1.54, 1.807) is 0 Å². The van der Waals surface area contributed by atoms with Crippen LogP contribution in [0.3, 0.4) is 0 Å². The van der Waals surface area contributed by atoms with Crippen molar-refractivity contribution in [3.63, 3.8) is 0 Å². The first kappa shape index (κ1) is 9.66. The van der Waals surface area contributed by atoms with Crippen LogP contribution in [0.4, 0.5) is 0 Å². The highest BCUT2D eigenvalue weighted by Gasteiger charge is 2.09. The van der Waals surface area contributed by atoms with Crippen molar-refractivity contribution >= 4 is 32.6 Å². The van der Waals surface area contributed by atoms with E-state index < -0.39 is 0 Å². The number of rotatable bonds is 0. The number of hydrogen-bond acceptors (Lipinski definition) is 1. The Morgan fingerprint density at radius 3 is 2.72 bits per heavy atom. The minimum absolute atomic E-state index is 1.07. The summed E-state index contributed by atoms with van der Waals surface area (Å²) < 4.78 is 0. The molecule has 0 aliphatic heterocycles. The van der Waals surface area contributed by atoms with Crippen LogP contribution in [0.2, 0.25) is 0 Å². The number of aryl methyl sites for hydroxylation is 1. The molecule has 0 aliphatic carbocycles. The lowest BCUT2D eigenvalue weighted by atomic mass is 10.0. The highest BCUT2D eigenvalue weighted by molar-refractivity contribution is 6.20. The fourth-order valence-corrected chi connectivity index (χ4v) is 2.76. The molecule has 2 aromatic carbocycles. The molecule has 2 nitrogen and oxygen atoms in total. The molecular weight excluding hydrogens is 220 g/mol. The maximum Gasteiger partial charge on any atom is 0.0723 e. The van der Waals surface area contributed by atoms with Crippen LogP contribution in [0, 0.1) is 6.92 Å². The van der Waals surface area contributed by atoms with Crippen molar-refractivity contribution in [1.29, 1.82) is 0 Å². The standard InChI is InChI=1S/C16H12N2/c1-10-15-11(8-9-17-10)6-7-14-16(15)12-4-2-3-5-13(12)18-14/h2-9,17H,1H3. The van der Waals surface area contributed by atoms with Crippen molar-refractivity contribution in [2.75, 3.05) is 0 Å². The maximum absolute atomic E-state index is 4.69. The van der Waals surface area contributed by atoms with Crippen molar-refractivity contribution in [3.05, 3.63) is 54.4 Å². The molecule has 0 aliphatic rings. The molecule has 0 atom stereocenters. The Balaban J connectivity index is 2.40. The number of nitrogens with one attached hydrogen (secondary N) is 1. The molecule has 0 amide bonds. The molecule has 4 aromatic rings. The number of aromatic nitrogens is 2. The molecule has 0 fully saturated rings. The van der Waals surface area contributed by atoms with E-state index in [9.17, 15) is 0 Å². The van der Waals surface area contributed by atoms with Crippen molar-refractivity contribution in [2.24, 2.45) is 0 Å². The number of benzene rings is 2. The molecule has 18 heavy (non-hydrogen) atoms. The average Bonchev–Trinajstić information content (AvgIpc) is 2.77. The number of aromatic amines is 1. The fourth-order valence-electron chi connectivity index (χ4n) is 2.76. The van der Waals surface area contributed by atoms with E-state index in [4.69, 9.17) is 4.98 Å². The van der Waals surface area contributed by atoms with Gasteiger partial charge in [0.1, 0.15) is 0 Å². The summed E-state index contributed by atoms with van der Waals surface area (Å²) in [7, 11) is 0. The Morgan fingerprint density at radius 2 is 1.78 bits per heavy atom. The van der Waals surface area contributed by atoms with Gasteiger partial charge < -0.3 is 4.98 Å². The number of fused-ring (bicyclic) bond motifs is 5. The SMILES string of the molecule is Cc1[nH]ccc2ccc3nc4ccccc4c3c12. The third-order valence-corrected chi connectivity index (χ3v) is 3.57. The molecule has 2 aromatic heterocycles. The quantitative estimate of drug-likeness (QED) is 0.484. The van der Waals surface area contributed by atoms with Crippen LogP contribution < -0.4 is 0 Å². The summed E-state index contributed by atoms with van der Waals surface area (Å²) in [6, 6.07) is 14.7. The zero-order valence-electron chi connectivity index (χ0n) is 10.1. The summed E-state index contributed by atoms with van der Waals surface area (Å²) in [5.74, 6) is 0. The Hall–Kier alpha value is -2.35. The molecule has 0 saturated carbocycles. The second kappa shape index (κ2) is 3.33. The molecule has 0 bridgehead atoms. The third-order valence-electron chi connectivity index (χ3n) is 3.57. The van der Waals surface area contributed by atoms with E-state index >= 15 is 0 Å². The Bertz CT molecular complexity index is 887. The summed E-state index contributed by atoms with van der Waals surface area (Å²) in [6.45, 7) is 2.11. The highest BCUT2D eigenvalue weighted by atomic mass is 14.7. The van der Waals surface area contributed by atoms with E-state index in [1.165, 1.54) is 27.2 Å². The van der Waals surface area contributed by atoms with Crippen LogP contribution in [-0.4, -0.2) is 9.97 Å². The summed E-state index contributed by atoms with van der Waals surface area (Å²) in [6.07, 6.45) is 1.99. The van der Waals surface area contributed by atoms with Gasteiger partial charge in [-0.25, -0.2) is 4.98 Å². The molecule has 0 spiro atoms. The summed E-state index contributed by atoms with van der Waals surface area (Å²) in [4.78, 5) is 7.99. The van der Waals surface area contributed by atoms with Crippen molar-refractivity contribution in [3.8, 4) is 0 Å². The minimum Gasteiger partial charge on any atom is -0.365 e. The molecule has 0 radical (unpaired) electrons. The van der Waals surface area contributed by atoms with Crippen molar-refractivity contribution in [1.82, 2.24) is 9.97 Å². The van der Waals surface area contributed by atoms with Gasteiger partial charge in [-0.2, -0.15) is 0 Å². The zero-order chi connectivity index (χ0) is 12.1. The van der Waals surface area contributed by atoms with E-state index in [0.717, 1.165) is 11.0 Å². The lowest BCUT2D eigenvalue weighted by Gasteiger charge is -2.04. The molecule has 2 heterocycles. The summed E-state index contributed by atoms with van der Waals surface area (Å²) in [5, 5.41) is 5.04. The second-order valence-corrected chi connectivity index (χ2v) is 4.66. The van der Waals surface area contributed by atoms with Gasteiger partial charge in [0.2, 0.25) is 0 Å². The van der Waals surface area contributed by atoms with Crippen LogP contribution in [-0.2, 0) is 0 Å². The molecular formula is C16H12N2. The lowest BCUT2D eigenvalue weighted by Crippen LogP contribution is -1.83. The number of para-hydroxylation sites is 1. The van der Waals surface area contributed by atoms with E-state index in [2.05, 4.69) is 48.3 Å². The minimum atomic E-state index is 1.07. The van der Waals surface area contributed by atoms with Gasteiger partial charge in [-0.15, -0.1) is 0 Å². The topological polar surface area (TPSA) is 28.7 Å². The van der Waals surface area contributed by atoms with Gasteiger partial charge >= 0.3 is 0 Å². The van der Waals surface area contributed by atoms with Crippen LogP contribution in [0.1, 0.15) is 5.69 Å². The first-order valence-electron chi connectivity index (χ1n) is 6.10. The molecule has 2 heteroatoms. The van der Waals surface area contributed by atoms with Gasteiger partial charge in [-0.3, -0.25) is 0 Å². The van der Waals surface area contributed by atoms with Gasteiger partial charge in [0, 0.05) is 28.0 Å². The molecule has 1 N–H and O–H groups in total. The monoisotopic (exact) mass is 232 g/mol. The summed E-state index contributed by atoms with van der Waals surface area (Å²) >= 11 is 0. The first-order valence-corrected chi connectivity index (χ1v) is 6.10. The van der Waals surface area contributed by atoms with Crippen molar-refractivity contribution in [2.45, 2.75) is 6.92 Å². The fraction of sp³-hybridized carbons (Fsp3) is 0.0625. The lowest BCUT2D eigenvalue weighted by molar-refractivity contribution is 1.24. The Morgan fingerprint density at radius 1 is 0.889 bits per heavy atom. The van der Waals surface area contributed by atoms with E-state index in [1.807, 2.05) is 12.3 Å². The average molecular weight is 232 g/mol. The van der Waals surface area contributed by atoms with E-state index in [0.29, 0.717) is 0 Å². The van der Waals surface area contributed by atoms with Crippen LogP contribution >= 0.6 is 0 Å². The van der Waals surface area contributed by atoms with Gasteiger partial charge in [0.25, 0.3) is 0 Å². The number of hydrogen-bond donors (Lipinski definition) is 1. The van der Waals surface area contributed by atoms with Crippen LogP contribution in [0.5, 0.6) is 0 Å². The molecule has 0 unspecified atom stereocenters. The van der Waals surface area contributed by atoms with Gasteiger partial charge in [0.15, 0.2) is 0 Å². The van der Waals surface area contributed by atoms with Gasteiger partial charge in [0.05, 0.1) is 11.0 Å². The Labute approximate surface area is 104 Å². The first-order chi connectivity index (χ1) is 8.84. The van der Waals surface area contributed by atoms with Crippen LogP contribution in [0.25, 0.3) is 32.6 Å². The van der Waals surface area contributed by atoms with Crippen molar-refractivity contribution < 1.29 is 0 Å².